The quantitative estimate of drug-likeness (QED) is 0.546. The molecule has 3 amide bonds. The minimum Gasteiger partial charge on any atom is -0.323 e. The monoisotopic (exact) mass is 527 g/mol. The fraction of sp³-hybridized carbons (Fsp3) is 0.318. The number of carbonyl (C=O) groups is 3. The summed E-state index contributed by atoms with van der Waals surface area (Å²) in [5.74, 6) is -3.63. The Labute approximate surface area is 207 Å². The Morgan fingerprint density at radius 1 is 0.939 bits per heavy atom. The largest absolute Gasteiger partial charge is 0.323 e. The molecule has 0 aliphatic carbocycles. The zero-order valence-corrected chi connectivity index (χ0v) is 19.6. The number of anilines is 2. The molecule has 170 valence electrons. The van der Waals surface area contributed by atoms with E-state index in [-0.39, 0.29) is 38.7 Å². The number of alkyl halides is 1. The second kappa shape index (κ2) is 7.06. The number of hydrogen-bond donors (Lipinski definition) is 1. The third-order valence-corrected chi connectivity index (χ3v) is 8.07. The van der Waals surface area contributed by atoms with Crippen molar-refractivity contribution in [2.75, 3.05) is 16.8 Å². The lowest BCUT2D eigenvalue weighted by atomic mass is 9.75. The number of carbonyl (C=O) groups excluding carboxylic acids is 3. The van der Waals surface area contributed by atoms with Crippen LogP contribution in [-0.2, 0) is 19.9 Å². The number of hydrogen-bond acceptors (Lipinski definition) is 4. The van der Waals surface area contributed by atoms with Gasteiger partial charge in [-0.05, 0) is 36.8 Å². The van der Waals surface area contributed by atoms with Crippen LogP contribution in [-0.4, -0.2) is 41.4 Å². The molecule has 6 nitrogen and oxygen atoms in total. The summed E-state index contributed by atoms with van der Waals surface area (Å²) in [5, 5.41) is 3.72. The first-order valence-corrected chi connectivity index (χ1v) is 11.7. The van der Waals surface area contributed by atoms with Crippen molar-refractivity contribution in [3.63, 3.8) is 0 Å². The molecule has 4 aliphatic heterocycles. The van der Waals surface area contributed by atoms with Gasteiger partial charge in [0.05, 0.1) is 28.2 Å². The lowest BCUT2D eigenvalue weighted by Gasteiger charge is -2.36. The van der Waals surface area contributed by atoms with Crippen LogP contribution in [0.15, 0.2) is 30.3 Å². The molecule has 0 radical (unpaired) electrons. The van der Waals surface area contributed by atoms with E-state index >= 15 is 0 Å². The topological polar surface area (TPSA) is 69.7 Å². The van der Waals surface area contributed by atoms with Gasteiger partial charge < -0.3 is 5.32 Å². The highest BCUT2D eigenvalue weighted by Gasteiger charge is 2.75. The molecule has 1 spiro atoms. The highest BCUT2D eigenvalue weighted by Crippen LogP contribution is 2.62. The van der Waals surface area contributed by atoms with E-state index in [0.29, 0.717) is 11.3 Å². The predicted octanol–water partition coefficient (Wildman–Crippen LogP) is 4.68. The second-order valence-corrected chi connectivity index (χ2v) is 10.4. The van der Waals surface area contributed by atoms with Gasteiger partial charge in [-0.2, -0.15) is 0 Å². The van der Waals surface area contributed by atoms with Gasteiger partial charge in [-0.3, -0.25) is 19.3 Å². The molecule has 3 saturated heterocycles. The lowest BCUT2D eigenvalue weighted by molar-refractivity contribution is -0.135. The van der Waals surface area contributed by atoms with Crippen LogP contribution in [0.4, 0.5) is 15.8 Å². The van der Waals surface area contributed by atoms with Crippen LogP contribution in [0, 0.1) is 11.8 Å². The Balaban J connectivity index is 1.58. The molecule has 5 atom stereocenters. The molecule has 4 heterocycles. The lowest BCUT2D eigenvalue weighted by Crippen LogP contribution is -2.54. The van der Waals surface area contributed by atoms with E-state index in [0.717, 1.165) is 4.90 Å². The number of halogens is 5. The van der Waals surface area contributed by atoms with Crippen LogP contribution in [0.5, 0.6) is 0 Å². The first-order chi connectivity index (χ1) is 15.6. The Kier molecular flexibility index (Phi) is 4.62. The number of rotatable bonds is 1. The molecular formula is C22H14Cl4FN3O3. The summed E-state index contributed by atoms with van der Waals surface area (Å²) in [6.45, 7) is -0.0851. The van der Waals surface area contributed by atoms with Crippen LogP contribution < -0.4 is 10.2 Å². The molecule has 0 aromatic heterocycles. The third-order valence-electron chi connectivity index (χ3n) is 7.12. The number of benzene rings is 2. The average molecular weight is 529 g/mol. The van der Waals surface area contributed by atoms with Gasteiger partial charge in [0.2, 0.25) is 11.8 Å². The van der Waals surface area contributed by atoms with Crippen LogP contribution in [0.2, 0.25) is 20.1 Å². The molecular weight excluding hydrogens is 515 g/mol. The third kappa shape index (κ3) is 2.68. The molecule has 1 N–H and O–H groups in total. The Morgan fingerprint density at radius 2 is 1.61 bits per heavy atom. The van der Waals surface area contributed by atoms with Crippen LogP contribution in [0.25, 0.3) is 0 Å². The second-order valence-electron chi connectivity index (χ2n) is 8.73. The van der Waals surface area contributed by atoms with Crippen molar-refractivity contribution in [1.82, 2.24) is 4.90 Å². The Morgan fingerprint density at radius 3 is 2.30 bits per heavy atom. The van der Waals surface area contributed by atoms with Gasteiger partial charge in [0.15, 0.2) is 0 Å². The summed E-state index contributed by atoms with van der Waals surface area (Å²) in [4.78, 5) is 43.8. The molecule has 2 aromatic carbocycles. The van der Waals surface area contributed by atoms with Crippen molar-refractivity contribution >= 4 is 75.5 Å². The van der Waals surface area contributed by atoms with E-state index in [1.54, 1.807) is 11.0 Å². The van der Waals surface area contributed by atoms with Crippen LogP contribution in [0.3, 0.4) is 0 Å². The maximum atomic E-state index is 14.7. The SMILES string of the molecule is O=C1C2C3C[C@H](F)CN3C3(C(=O)Nc4c(Cl)cc(Cl)cc43)C2C(=O)N1c1cc(Cl)cc(Cl)c1. The molecule has 4 aliphatic rings. The van der Waals surface area contributed by atoms with Crippen molar-refractivity contribution in [3.8, 4) is 0 Å². The molecule has 6 rings (SSSR count). The van der Waals surface area contributed by atoms with E-state index in [2.05, 4.69) is 5.32 Å². The van der Waals surface area contributed by atoms with Crippen molar-refractivity contribution in [2.45, 2.75) is 24.2 Å². The maximum absolute atomic E-state index is 14.7. The first-order valence-electron chi connectivity index (χ1n) is 10.2. The predicted molar refractivity (Wildman–Crippen MR) is 123 cm³/mol. The fourth-order valence-electron chi connectivity index (χ4n) is 6.10. The molecule has 11 heteroatoms. The zero-order valence-electron chi connectivity index (χ0n) is 16.6. The van der Waals surface area contributed by atoms with Gasteiger partial charge in [0, 0.05) is 33.2 Å². The van der Waals surface area contributed by atoms with Gasteiger partial charge in [-0.1, -0.05) is 46.4 Å². The van der Waals surface area contributed by atoms with E-state index in [4.69, 9.17) is 46.4 Å². The minimum atomic E-state index is -1.61. The normalized spacial score (nSPS) is 32.5. The highest BCUT2D eigenvalue weighted by molar-refractivity contribution is 6.38. The fourth-order valence-corrected chi connectivity index (χ4v) is 7.16. The van der Waals surface area contributed by atoms with Gasteiger partial charge in [0.25, 0.3) is 5.91 Å². The summed E-state index contributed by atoms with van der Waals surface area (Å²) >= 11 is 24.9. The summed E-state index contributed by atoms with van der Waals surface area (Å²) < 4.78 is 14.7. The molecule has 2 aromatic rings. The molecule has 3 fully saturated rings. The van der Waals surface area contributed by atoms with Crippen molar-refractivity contribution in [1.29, 1.82) is 0 Å². The van der Waals surface area contributed by atoms with Gasteiger partial charge in [-0.25, -0.2) is 9.29 Å². The van der Waals surface area contributed by atoms with Crippen molar-refractivity contribution in [2.24, 2.45) is 11.8 Å². The number of fused-ring (bicyclic) bond motifs is 7. The maximum Gasteiger partial charge on any atom is 0.250 e. The number of amides is 3. The summed E-state index contributed by atoms with van der Waals surface area (Å²) in [6.07, 6.45) is -1.22. The molecule has 33 heavy (non-hydrogen) atoms. The van der Waals surface area contributed by atoms with Gasteiger partial charge >= 0.3 is 0 Å². The zero-order chi connectivity index (χ0) is 23.4. The minimum absolute atomic E-state index is 0.0307. The molecule has 0 bridgehead atoms. The highest BCUT2D eigenvalue weighted by atomic mass is 35.5. The Hall–Kier alpha value is -1.90. The van der Waals surface area contributed by atoms with E-state index in [9.17, 15) is 18.8 Å². The van der Waals surface area contributed by atoms with Crippen LogP contribution >= 0.6 is 46.4 Å². The first kappa shape index (κ1) is 21.6. The van der Waals surface area contributed by atoms with Gasteiger partial charge in [-0.15, -0.1) is 0 Å². The van der Waals surface area contributed by atoms with Crippen molar-refractivity contribution < 1.29 is 18.8 Å². The standard InChI is InChI=1S/C22H14Cl4FN3O3/c23-8-1-9(24)3-12(2-8)30-19(31)16-15-6-11(27)7-29(15)22(17(16)20(30)32)13-4-10(25)5-14(26)18(13)28-21(22)33/h1-5,11,15-17H,6-7H2,(H,28,33)/t11-,15?,16?,17?,22?/m0/s1. The molecule has 4 unspecified atom stereocenters. The molecule has 0 saturated carbocycles. The van der Waals surface area contributed by atoms with Crippen molar-refractivity contribution in [3.05, 3.63) is 56.0 Å². The summed E-state index contributed by atoms with van der Waals surface area (Å²) in [6, 6.07) is 6.79. The van der Waals surface area contributed by atoms with Gasteiger partial charge in [0.1, 0.15) is 11.7 Å². The van der Waals surface area contributed by atoms with Crippen LogP contribution in [0.1, 0.15) is 12.0 Å². The summed E-state index contributed by atoms with van der Waals surface area (Å²) in [5.41, 5.74) is -0.707. The van der Waals surface area contributed by atoms with E-state index in [1.807, 2.05) is 0 Å². The van der Waals surface area contributed by atoms with E-state index < -0.39 is 47.3 Å². The number of imide groups is 1. The Bertz CT molecular complexity index is 1270. The smallest absolute Gasteiger partial charge is 0.250 e. The van der Waals surface area contributed by atoms with E-state index in [1.165, 1.54) is 24.3 Å². The summed E-state index contributed by atoms with van der Waals surface area (Å²) in [7, 11) is 0. The average Bonchev–Trinajstić information content (AvgIpc) is 3.37. The number of nitrogens with one attached hydrogen (secondary N) is 1. The number of nitrogens with zero attached hydrogens (tertiary/aromatic N) is 2.